The van der Waals surface area contributed by atoms with Crippen LogP contribution in [0, 0.1) is 0 Å². The van der Waals surface area contributed by atoms with Crippen molar-refractivity contribution in [1.82, 2.24) is 0 Å². The lowest BCUT2D eigenvalue weighted by molar-refractivity contribution is -0.154. The normalized spacial score (nSPS) is 22.1. The molecule has 5 N–H and O–H groups in total. The van der Waals surface area contributed by atoms with Gasteiger partial charge in [0.25, 0.3) is 0 Å². The first kappa shape index (κ1) is 24.3. The maximum Gasteiger partial charge on any atom is 0.472 e. The smallest absolute Gasteiger partial charge is 0.472 e. The van der Waals surface area contributed by atoms with Crippen LogP contribution in [0.25, 0.3) is 0 Å². The van der Waals surface area contributed by atoms with E-state index in [0.29, 0.717) is 31.4 Å². The molecule has 1 aromatic carbocycles. The van der Waals surface area contributed by atoms with Crippen LogP contribution >= 0.6 is 7.82 Å². The van der Waals surface area contributed by atoms with Crippen molar-refractivity contribution in [1.29, 1.82) is 0 Å². The Hall–Kier alpha value is -2.01. The molecule has 0 spiro atoms. The fourth-order valence-corrected chi connectivity index (χ4v) is 3.74. The highest BCUT2D eigenvalue weighted by Crippen LogP contribution is 2.46. The summed E-state index contributed by atoms with van der Waals surface area (Å²) in [6.45, 7) is -0.540. The average Bonchev–Trinajstić information content (AvgIpc) is 2.70. The van der Waals surface area contributed by atoms with E-state index in [4.69, 9.17) is 24.8 Å². The van der Waals surface area contributed by atoms with E-state index >= 15 is 0 Å². The summed E-state index contributed by atoms with van der Waals surface area (Å²) in [6.07, 6.45) is -0.437. The van der Waals surface area contributed by atoms with Gasteiger partial charge in [-0.1, -0.05) is 18.2 Å². The summed E-state index contributed by atoms with van der Waals surface area (Å²) < 4.78 is 32.4. The summed E-state index contributed by atoms with van der Waals surface area (Å²) in [5.41, 5.74) is 5.85. The first-order valence-electron chi connectivity index (χ1n) is 9.36. The Morgan fingerprint density at radius 3 is 2.77 bits per heavy atom. The number of ether oxygens (including phenoxy) is 2. The van der Waals surface area contributed by atoms with Crippen molar-refractivity contribution >= 4 is 19.8 Å². The third-order valence-electron chi connectivity index (χ3n) is 4.38. The number of aryl methyl sites for hydroxylation is 1. The molecular formula is C18H26NO10P. The minimum absolute atomic E-state index is 0.0322. The molecule has 1 aliphatic heterocycles. The number of rotatable bonds is 11. The lowest BCUT2D eigenvalue weighted by Crippen LogP contribution is -2.40. The molecule has 0 amide bonds. The van der Waals surface area contributed by atoms with E-state index < -0.39 is 44.6 Å². The van der Waals surface area contributed by atoms with Crippen LogP contribution in [0.1, 0.15) is 24.8 Å². The molecule has 1 fully saturated rings. The maximum absolute atomic E-state index is 12.1. The number of para-hydroxylation sites is 1. The number of carboxylic acid groups (broad SMARTS) is 1. The molecule has 12 heteroatoms. The molecule has 1 heterocycles. The lowest BCUT2D eigenvalue weighted by Gasteiger charge is -2.32. The summed E-state index contributed by atoms with van der Waals surface area (Å²) in [7, 11) is -4.59. The Morgan fingerprint density at radius 1 is 1.33 bits per heavy atom. The van der Waals surface area contributed by atoms with E-state index in [1.54, 1.807) is 18.2 Å². The zero-order chi connectivity index (χ0) is 22.1. The summed E-state index contributed by atoms with van der Waals surface area (Å²) in [5, 5.41) is 18.4. The topological polar surface area (TPSA) is 175 Å². The predicted octanol–water partition coefficient (Wildman–Crippen LogP) is 0.961. The van der Waals surface area contributed by atoms with Crippen molar-refractivity contribution in [2.45, 2.75) is 43.9 Å². The molecule has 0 radical (unpaired) electrons. The van der Waals surface area contributed by atoms with Crippen molar-refractivity contribution in [3.05, 3.63) is 29.8 Å². The Bertz CT molecular complexity index is 773. The number of esters is 1. The number of phenols is 1. The van der Waals surface area contributed by atoms with E-state index in [1.807, 2.05) is 0 Å². The molecule has 1 unspecified atom stereocenters. The van der Waals surface area contributed by atoms with Gasteiger partial charge in [-0.25, -0.2) is 4.57 Å². The SMILES string of the molecule is N[C@@H](COP(=O)(O)O[C@@H]1CCCO[C@@H]1COC(=O)CCc1ccccc1O)C(=O)O. The van der Waals surface area contributed by atoms with Gasteiger partial charge in [0.15, 0.2) is 0 Å². The number of benzene rings is 1. The van der Waals surface area contributed by atoms with Gasteiger partial charge < -0.3 is 30.3 Å². The van der Waals surface area contributed by atoms with Crippen LogP contribution < -0.4 is 5.73 Å². The number of phosphoric acid groups is 1. The molecule has 1 saturated heterocycles. The van der Waals surface area contributed by atoms with Crippen LogP contribution in [0.15, 0.2) is 24.3 Å². The zero-order valence-electron chi connectivity index (χ0n) is 16.2. The second-order valence-corrected chi connectivity index (χ2v) is 8.12. The fourth-order valence-electron chi connectivity index (χ4n) is 2.74. The molecular weight excluding hydrogens is 421 g/mol. The highest BCUT2D eigenvalue weighted by atomic mass is 31.2. The van der Waals surface area contributed by atoms with Crippen molar-refractivity contribution in [3.63, 3.8) is 0 Å². The van der Waals surface area contributed by atoms with Crippen LogP contribution in [-0.2, 0) is 39.1 Å². The van der Waals surface area contributed by atoms with Crippen LogP contribution in [0.5, 0.6) is 5.75 Å². The lowest BCUT2D eigenvalue weighted by atomic mass is 10.1. The Kier molecular flexibility index (Phi) is 9.22. The Labute approximate surface area is 173 Å². The molecule has 1 aromatic rings. The van der Waals surface area contributed by atoms with E-state index in [-0.39, 0.29) is 18.8 Å². The van der Waals surface area contributed by atoms with Gasteiger partial charge in [-0.15, -0.1) is 0 Å². The van der Waals surface area contributed by atoms with Gasteiger partial charge in [-0.2, -0.15) is 0 Å². The second-order valence-electron chi connectivity index (χ2n) is 6.72. The highest BCUT2D eigenvalue weighted by molar-refractivity contribution is 7.47. The first-order chi connectivity index (χ1) is 14.2. The van der Waals surface area contributed by atoms with Gasteiger partial charge in [-0.3, -0.25) is 18.6 Å². The largest absolute Gasteiger partial charge is 0.508 e. The van der Waals surface area contributed by atoms with Gasteiger partial charge in [-0.05, 0) is 30.9 Å². The first-order valence-corrected chi connectivity index (χ1v) is 10.9. The second kappa shape index (κ2) is 11.4. The fraction of sp³-hybridized carbons (Fsp3) is 0.556. The molecule has 0 aromatic heterocycles. The third kappa shape index (κ3) is 8.02. The van der Waals surface area contributed by atoms with Crippen LogP contribution in [0.2, 0.25) is 0 Å². The monoisotopic (exact) mass is 447 g/mol. The van der Waals surface area contributed by atoms with E-state index in [0.717, 1.165) is 0 Å². The Balaban J connectivity index is 1.81. The van der Waals surface area contributed by atoms with Crippen molar-refractivity contribution in [2.24, 2.45) is 5.73 Å². The number of carboxylic acids is 1. The number of nitrogens with two attached hydrogens (primary N) is 1. The van der Waals surface area contributed by atoms with Crippen molar-refractivity contribution in [2.75, 3.05) is 19.8 Å². The van der Waals surface area contributed by atoms with Crippen LogP contribution in [-0.4, -0.2) is 65.1 Å². The van der Waals surface area contributed by atoms with Gasteiger partial charge in [0.1, 0.15) is 24.5 Å². The third-order valence-corrected chi connectivity index (χ3v) is 5.39. The van der Waals surface area contributed by atoms with Crippen LogP contribution in [0.4, 0.5) is 0 Å². The summed E-state index contributed by atoms with van der Waals surface area (Å²) in [6, 6.07) is 5.17. The maximum atomic E-state index is 12.1. The van der Waals surface area contributed by atoms with E-state index in [9.17, 15) is 24.2 Å². The summed E-state index contributed by atoms with van der Waals surface area (Å²) >= 11 is 0. The molecule has 0 aliphatic carbocycles. The molecule has 1 aliphatic rings. The Morgan fingerprint density at radius 2 is 2.07 bits per heavy atom. The molecule has 2 rings (SSSR count). The van der Waals surface area contributed by atoms with Gasteiger partial charge in [0.2, 0.25) is 0 Å². The van der Waals surface area contributed by atoms with Gasteiger partial charge in [0, 0.05) is 13.0 Å². The number of carbonyl (C=O) groups is 2. The van der Waals surface area contributed by atoms with Crippen molar-refractivity contribution in [3.8, 4) is 5.75 Å². The minimum Gasteiger partial charge on any atom is -0.508 e. The number of hydrogen-bond acceptors (Lipinski definition) is 9. The summed E-state index contributed by atoms with van der Waals surface area (Å²) in [5.74, 6) is -1.82. The number of carbonyl (C=O) groups excluding carboxylic acids is 1. The molecule has 30 heavy (non-hydrogen) atoms. The van der Waals surface area contributed by atoms with Gasteiger partial charge in [0.05, 0.1) is 12.7 Å². The minimum atomic E-state index is -4.59. The standard InChI is InChI=1S/C18H26NO10P/c19-13(18(22)23)10-28-30(24,25)29-15-6-3-9-26-16(15)11-27-17(21)8-7-12-4-1-2-5-14(12)20/h1-2,4-5,13,15-16,20H,3,6-11,19H2,(H,22,23)(H,24,25)/t13-,15+,16+/m0/s1. The molecule has 0 saturated carbocycles. The molecule has 168 valence electrons. The number of aliphatic carboxylic acids is 1. The number of phosphoric ester groups is 1. The zero-order valence-corrected chi connectivity index (χ0v) is 17.1. The van der Waals surface area contributed by atoms with Gasteiger partial charge >= 0.3 is 19.8 Å². The number of phenolic OH excluding ortho intramolecular Hbond substituents is 1. The highest BCUT2D eigenvalue weighted by Gasteiger charge is 2.36. The van der Waals surface area contributed by atoms with Crippen molar-refractivity contribution < 1.29 is 47.8 Å². The predicted molar refractivity (Wildman–Crippen MR) is 103 cm³/mol. The van der Waals surface area contributed by atoms with E-state index in [1.165, 1.54) is 6.07 Å². The number of hydrogen-bond donors (Lipinski definition) is 4. The molecule has 4 atom stereocenters. The average molecular weight is 447 g/mol. The van der Waals surface area contributed by atoms with Crippen LogP contribution in [0.3, 0.4) is 0 Å². The molecule has 0 bridgehead atoms. The summed E-state index contributed by atoms with van der Waals surface area (Å²) in [4.78, 5) is 32.5. The molecule has 11 nitrogen and oxygen atoms in total. The quantitative estimate of drug-likeness (QED) is 0.281. The van der Waals surface area contributed by atoms with E-state index in [2.05, 4.69) is 4.52 Å². The number of aromatic hydroxyl groups is 1.